The van der Waals surface area contributed by atoms with Crippen molar-refractivity contribution in [2.75, 3.05) is 5.32 Å². The van der Waals surface area contributed by atoms with Gasteiger partial charge in [-0.25, -0.2) is 4.79 Å². The smallest absolute Gasteiger partial charge is 0.413 e. The second kappa shape index (κ2) is 5.04. The number of fused-ring (bicyclic) bond motifs is 1. The Labute approximate surface area is 120 Å². The van der Waals surface area contributed by atoms with Crippen molar-refractivity contribution in [1.29, 1.82) is 0 Å². The first-order valence-electron chi connectivity index (χ1n) is 6.22. The Morgan fingerprint density at radius 3 is 2.67 bits per heavy atom. The maximum absolute atomic E-state index is 11.7. The predicted octanol–water partition coefficient (Wildman–Crippen LogP) is 3.39. The van der Waals surface area contributed by atoms with Crippen LogP contribution in [0.4, 0.5) is 16.3 Å². The molecule has 0 radical (unpaired) electrons. The van der Waals surface area contributed by atoms with Crippen molar-refractivity contribution in [1.82, 2.24) is 5.16 Å². The summed E-state index contributed by atoms with van der Waals surface area (Å²) in [6.45, 7) is 6.89. The molecule has 0 atom stereocenters. The number of amides is 1. The van der Waals surface area contributed by atoms with Crippen LogP contribution >= 0.6 is 0 Å². The van der Waals surface area contributed by atoms with Crippen LogP contribution < -0.4 is 5.32 Å². The van der Waals surface area contributed by atoms with Gasteiger partial charge in [-0.2, -0.15) is 0 Å². The number of hydrogen-bond acceptors (Lipinski definition) is 6. The van der Waals surface area contributed by atoms with Crippen molar-refractivity contribution in [3.63, 3.8) is 0 Å². The molecule has 8 nitrogen and oxygen atoms in total. The normalized spacial score (nSPS) is 11.4. The molecule has 1 aromatic carbocycles. The lowest BCUT2D eigenvalue weighted by molar-refractivity contribution is -0.384. The summed E-state index contributed by atoms with van der Waals surface area (Å²) in [6.07, 6.45) is -0.671. The maximum Gasteiger partial charge on any atom is 0.413 e. The molecule has 1 aromatic heterocycles. The van der Waals surface area contributed by atoms with E-state index in [2.05, 4.69) is 10.5 Å². The molecule has 0 aliphatic rings. The third kappa shape index (κ3) is 3.28. The molecule has 0 aliphatic carbocycles. The third-order valence-corrected chi connectivity index (χ3v) is 2.59. The summed E-state index contributed by atoms with van der Waals surface area (Å²) in [5.41, 5.74) is 0.0662. The van der Waals surface area contributed by atoms with Crippen LogP contribution in [0.1, 0.15) is 26.3 Å². The van der Waals surface area contributed by atoms with E-state index in [0.29, 0.717) is 10.9 Å². The zero-order valence-corrected chi connectivity index (χ0v) is 12.1. The first-order valence-corrected chi connectivity index (χ1v) is 6.22. The van der Waals surface area contributed by atoms with Crippen LogP contribution in [0.25, 0.3) is 11.0 Å². The number of nitrogens with one attached hydrogen (secondary N) is 1. The molecule has 0 unspecified atom stereocenters. The lowest BCUT2D eigenvalue weighted by Gasteiger charge is -2.19. The molecule has 0 spiro atoms. The average Bonchev–Trinajstić information content (AvgIpc) is 2.70. The Morgan fingerprint density at radius 1 is 1.43 bits per heavy atom. The number of hydrogen-bond donors (Lipinski definition) is 1. The maximum atomic E-state index is 11.7. The van der Waals surface area contributed by atoms with Crippen LogP contribution in [0.3, 0.4) is 0 Å². The highest BCUT2D eigenvalue weighted by Crippen LogP contribution is 2.30. The number of carbonyl (C=O) groups is 1. The summed E-state index contributed by atoms with van der Waals surface area (Å²) in [4.78, 5) is 22.0. The molecular formula is C13H15N3O5. The summed E-state index contributed by atoms with van der Waals surface area (Å²) in [6, 6.07) is 2.65. The molecule has 112 valence electrons. The van der Waals surface area contributed by atoms with Crippen molar-refractivity contribution < 1.29 is 19.0 Å². The zero-order chi connectivity index (χ0) is 15.8. The number of anilines is 1. The number of nitro groups is 1. The number of ether oxygens (including phenoxy) is 1. The van der Waals surface area contributed by atoms with Crippen LogP contribution in [-0.2, 0) is 4.74 Å². The number of nitrogens with zero attached hydrogens (tertiary/aromatic N) is 2. The Morgan fingerprint density at radius 2 is 2.10 bits per heavy atom. The number of carbonyl (C=O) groups excluding carboxylic acids is 1. The highest BCUT2D eigenvalue weighted by atomic mass is 16.6. The summed E-state index contributed by atoms with van der Waals surface area (Å²) in [5, 5.41) is 17.5. The molecule has 2 aromatic rings. The van der Waals surface area contributed by atoms with Gasteiger partial charge in [0.25, 0.3) is 5.69 Å². The Hall–Kier alpha value is -2.64. The summed E-state index contributed by atoms with van der Waals surface area (Å²) < 4.78 is 10.1. The minimum Gasteiger partial charge on any atom is -0.444 e. The molecule has 21 heavy (non-hydrogen) atoms. The molecule has 2 rings (SSSR count). The van der Waals surface area contributed by atoms with E-state index >= 15 is 0 Å². The van der Waals surface area contributed by atoms with Gasteiger partial charge in [0.05, 0.1) is 16.4 Å². The van der Waals surface area contributed by atoms with E-state index in [9.17, 15) is 14.9 Å². The van der Waals surface area contributed by atoms with Crippen molar-refractivity contribution in [2.45, 2.75) is 33.3 Å². The first kappa shape index (κ1) is 14.8. The van der Waals surface area contributed by atoms with Gasteiger partial charge in [0.1, 0.15) is 5.60 Å². The molecular weight excluding hydrogens is 278 g/mol. The minimum atomic E-state index is -0.671. The minimum absolute atomic E-state index is 0.0973. The van der Waals surface area contributed by atoms with Gasteiger partial charge in [0.2, 0.25) is 0 Å². The van der Waals surface area contributed by atoms with E-state index < -0.39 is 16.6 Å². The van der Waals surface area contributed by atoms with Gasteiger partial charge >= 0.3 is 6.09 Å². The van der Waals surface area contributed by atoms with E-state index in [-0.39, 0.29) is 17.1 Å². The third-order valence-electron chi connectivity index (χ3n) is 2.59. The number of aryl methyl sites for hydroxylation is 1. The predicted molar refractivity (Wildman–Crippen MR) is 75.3 cm³/mol. The molecule has 8 heteroatoms. The first-order chi connectivity index (χ1) is 9.67. The van der Waals surface area contributed by atoms with E-state index in [1.54, 1.807) is 27.7 Å². The number of benzene rings is 1. The molecule has 0 aliphatic heterocycles. The van der Waals surface area contributed by atoms with E-state index in [0.717, 1.165) is 0 Å². The van der Waals surface area contributed by atoms with E-state index in [1.807, 2.05) is 0 Å². The Bertz CT molecular complexity index is 714. The van der Waals surface area contributed by atoms with Crippen molar-refractivity contribution >= 4 is 28.6 Å². The average molecular weight is 293 g/mol. The van der Waals surface area contributed by atoms with Crippen LogP contribution in [0.15, 0.2) is 16.7 Å². The van der Waals surface area contributed by atoms with Crippen LogP contribution in [0.5, 0.6) is 0 Å². The lowest BCUT2D eigenvalue weighted by Crippen LogP contribution is -2.27. The van der Waals surface area contributed by atoms with Gasteiger partial charge in [-0.1, -0.05) is 5.16 Å². The van der Waals surface area contributed by atoms with Crippen LogP contribution in [-0.4, -0.2) is 21.8 Å². The van der Waals surface area contributed by atoms with Gasteiger partial charge < -0.3 is 9.26 Å². The van der Waals surface area contributed by atoms with Gasteiger partial charge in [0.15, 0.2) is 11.4 Å². The van der Waals surface area contributed by atoms with Crippen LogP contribution in [0, 0.1) is 17.0 Å². The SMILES string of the molecule is Cc1cc([N+](=O)[O-])cc2onc(NC(=O)OC(C)(C)C)c12. The fraction of sp³-hybridized carbons (Fsp3) is 0.385. The zero-order valence-electron chi connectivity index (χ0n) is 12.1. The Balaban J connectivity index is 2.34. The topological polar surface area (TPSA) is 108 Å². The Kier molecular flexibility index (Phi) is 3.54. The van der Waals surface area contributed by atoms with Gasteiger partial charge in [-0.15, -0.1) is 0 Å². The summed E-state index contributed by atoms with van der Waals surface area (Å²) >= 11 is 0. The number of aromatic nitrogens is 1. The van der Waals surface area contributed by atoms with E-state index in [1.165, 1.54) is 12.1 Å². The molecule has 1 heterocycles. The molecule has 1 N–H and O–H groups in total. The molecule has 0 saturated heterocycles. The number of non-ortho nitro benzene ring substituents is 1. The van der Waals surface area contributed by atoms with Crippen LogP contribution in [0.2, 0.25) is 0 Å². The highest BCUT2D eigenvalue weighted by Gasteiger charge is 2.21. The molecule has 0 saturated carbocycles. The quantitative estimate of drug-likeness (QED) is 0.671. The van der Waals surface area contributed by atoms with Crippen molar-refractivity contribution in [2.24, 2.45) is 0 Å². The molecule has 0 fully saturated rings. The van der Waals surface area contributed by atoms with Crippen molar-refractivity contribution in [3.05, 3.63) is 27.8 Å². The number of rotatable bonds is 2. The summed E-state index contributed by atoms with van der Waals surface area (Å²) in [5.74, 6) is 0.173. The van der Waals surface area contributed by atoms with Crippen molar-refractivity contribution in [3.8, 4) is 0 Å². The standard InChI is InChI=1S/C13H15N3O5/c1-7-5-8(16(18)19)6-9-10(7)11(15-21-9)14-12(17)20-13(2,3)4/h5-6H,1-4H3,(H,14,15,17). The highest BCUT2D eigenvalue weighted by molar-refractivity contribution is 5.98. The van der Waals surface area contributed by atoms with E-state index in [4.69, 9.17) is 9.26 Å². The van der Waals surface area contributed by atoms with Gasteiger partial charge in [0, 0.05) is 6.07 Å². The summed E-state index contributed by atoms with van der Waals surface area (Å²) in [7, 11) is 0. The van der Waals surface area contributed by atoms with Gasteiger partial charge in [-0.3, -0.25) is 15.4 Å². The fourth-order valence-electron chi connectivity index (χ4n) is 1.84. The molecule has 0 bridgehead atoms. The second-order valence-electron chi connectivity index (χ2n) is 5.55. The largest absolute Gasteiger partial charge is 0.444 e. The van der Waals surface area contributed by atoms with Gasteiger partial charge in [-0.05, 0) is 33.3 Å². The number of nitro benzene ring substituents is 1. The lowest BCUT2D eigenvalue weighted by atomic mass is 10.1. The molecule has 1 amide bonds. The monoisotopic (exact) mass is 293 g/mol. The second-order valence-corrected chi connectivity index (χ2v) is 5.55. The fourth-order valence-corrected chi connectivity index (χ4v) is 1.84.